The molecule has 2 aromatic heterocycles. The summed E-state index contributed by atoms with van der Waals surface area (Å²) >= 11 is 0. The molecule has 0 amide bonds. The lowest BCUT2D eigenvalue weighted by Gasteiger charge is -2.15. The summed E-state index contributed by atoms with van der Waals surface area (Å²) in [5.41, 5.74) is 10.9. The third-order valence-electron chi connectivity index (χ3n) is 7.20. The fourth-order valence-corrected chi connectivity index (χ4v) is 5.36. The summed E-state index contributed by atoms with van der Waals surface area (Å²) in [7, 11) is 0. The van der Waals surface area contributed by atoms with E-state index >= 15 is 0 Å². The highest BCUT2D eigenvalue weighted by Crippen LogP contribution is 2.40. The van der Waals surface area contributed by atoms with Crippen LogP contribution in [0.25, 0.3) is 22.2 Å². The summed E-state index contributed by atoms with van der Waals surface area (Å²) in [4.78, 5) is 8.92. The number of hydrogen-bond acceptors (Lipinski definition) is 5. The second-order valence-corrected chi connectivity index (χ2v) is 9.65. The highest BCUT2D eigenvalue weighted by atomic mass is 15.1. The zero-order chi connectivity index (χ0) is 25.9. The second kappa shape index (κ2) is 13.9. The lowest BCUT2D eigenvalue weighted by atomic mass is 10.1. The van der Waals surface area contributed by atoms with Crippen LogP contribution in [0.4, 0.5) is 5.82 Å². The zero-order valence-corrected chi connectivity index (χ0v) is 22.4. The molecule has 196 valence electrons. The Labute approximate surface area is 221 Å². The van der Waals surface area contributed by atoms with Crippen LogP contribution in [0.3, 0.4) is 0 Å². The lowest BCUT2D eigenvalue weighted by molar-refractivity contribution is 0.452. The SMILES string of the molecule is CC.Nc1ncnc2c1c(-c1ccccc1)cn2C1CCC(CNCCCNCCc2ccccc2)C1. The van der Waals surface area contributed by atoms with Gasteiger partial charge in [-0.15, -0.1) is 0 Å². The number of anilines is 1. The van der Waals surface area contributed by atoms with E-state index in [2.05, 4.69) is 86.0 Å². The highest BCUT2D eigenvalue weighted by Gasteiger charge is 2.28. The van der Waals surface area contributed by atoms with E-state index in [1.165, 1.54) is 24.8 Å². The molecule has 4 aromatic rings. The van der Waals surface area contributed by atoms with Crippen LogP contribution in [0.5, 0.6) is 0 Å². The van der Waals surface area contributed by atoms with Gasteiger partial charge in [0, 0.05) is 17.8 Å². The topological polar surface area (TPSA) is 80.8 Å². The molecule has 6 heteroatoms. The van der Waals surface area contributed by atoms with E-state index in [-0.39, 0.29) is 0 Å². The average molecular weight is 499 g/mol. The normalized spacial score (nSPS) is 17.0. The Morgan fingerprint density at radius 3 is 2.41 bits per heavy atom. The van der Waals surface area contributed by atoms with Crippen molar-refractivity contribution >= 4 is 16.9 Å². The Hall–Kier alpha value is -3.22. The molecule has 1 aliphatic carbocycles. The predicted octanol–water partition coefficient (Wildman–Crippen LogP) is 5.86. The fraction of sp³-hybridized carbons (Fsp3) is 0.419. The minimum absolute atomic E-state index is 0.454. The maximum absolute atomic E-state index is 6.31. The number of rotatable bonds is 11. The standard InChI is InChI=1S/C29H36N6.C2H6/c30-28-27-26(24-10-5-2-6-11-24)20-35(29(27)34-21-33-28)25-13-12-23(18-25)19-32-16-7-15-31-17-14-22-8-3-1-4-9-22;1-2/h1-6,8-11,20-21,23,25,31-32H,7,12-19H2,(H2,30,33,34);1-2H3. The van der Waals surface area contributed by atoms with E-state index < -0.39 is 0 Å². The van der Waals surface area contributed by atoms with Gasteiger partial charge in [-0.1, -0.05) is 74.5 Å². The summed E-state index contributed by atoms with van der Waals surface area (Å²) in [5.74, 6) is 1.25. The van der Waals surface area contributed by atoms with Crippen LogP contribution in [0.1, 0.15) is 51.1 Å². The zero-order valence-electron chi connectivity index (χ0n) is 22.4. The fourth-order valence-electron chi connectivity index (χ4n) is 5.36. The quantitative estimate of drug-likeness (QED) is 0.226. The number of aromatic nitrogens is 3. The van der Waals surface area contributed by atoms with Gasteiger partial charge < -0.3 is 20.9 Å². The van der Waals surface area contributed by atoms with Crippen LogP contribution >= 0.6 is 0 Å². The Morgan fingerprint density at radius 2 is 1.62 bits per heavy atom. The predicted molar refractivity (Wildman–Crippen MR) is 156 cm³/mol. The van der Waals surface area contributed by atoms with Crippen molar-refractivity contribution in [1.82, 2.24) is 25.2 Å². The van der Waals surface area contributed by atoms with Crippen LogP contribution in [0.15, 0.2) is 73.2 Å². The Kier molecular flexibility index (Phi) is 10.1. The summed E-state index contributed by atoms with van der Waals surface area (Å²) in [5, 5.41) is 8.23. The molecule has 2 unspecified atom stereocenters. The molecule has 2 heterocycles. The van der Waals surface area contributed by atoms with Crippen molar-refractivity contribution in [2.45, 2.75) is 52.0 Å². The molecular formula is C31H42N6. The molecule has 5 rings (SSSR count). The Morgan fingerprint density at radius 1 is 0.892 bits per heavy atom. The van der Waals surface area contributed by atoms with Gasteiger partial charge in [0.25, 0.3) is 0 Å². The minimum Gasteiger partial charge on any atom is -0.383 e. The third kappa shape index (κ3) is 6.96. The monoisotopic (exact) mass is 498 g/mol. The average Bonchev–Trinajstić information content (AvgIpc) is 3.58. The molecule has 2 atom stereocenters. The van der Waals surface area contributed by atoms with Gasteiger partial charge in [0.05, 0.1) is 5.39 Å². The van der Waals surface area contributed by atoms with Gasteiger partial charge in [-0.05, 0) is 75.3 Å². The summed E-state index contributed by atoms with van der Waals surface area (Å²) in [6.07, 6.45) is 9.67. The van der Waals surface area contributed by atoms with E-state index in [0.29, 0.717) is 17.8 Å². The number of nitrogens with one attached hydrogen (secondary N) is 2. The molecule has 6 nitrogen and oxygen atoms in total. The second-order valence-electron chi connectivity index (χ2n) is 9.65. The number of nitrogens with two attached hydrogens (primary N) is 1. The summed E-state index contributed by atoms with van der Waals surface area (Å²) < 4.78 is 2.35. The highest BCUT2D eigenvalue weighted by molar-refractivity contribution is 6.00. The molecule has 0 radical (unpaired) electrons. The molecule has 1 saturated carbocycles. The van der Waals surface area contributed by atoms with Gasteiger partial charge in [-0.3, -0.25) is 0 Å². The Bertz CT molecular complexity index is 1200. The van der Waals surface area contributed by atoms with E-state index in [9.17, 15) is 0 Å². The first-order chi connectivity index (χ1) is 18.3. The smallest absolute Gasteiger partial charge is 0.146 e. The lowest BCUT2D eigenvalue weighted by Crippen LogP contribution is -2.26. The summed E-state index contributed by atoms with van der Waals surface area (Å²) in [6.45, 7) is 8.25. The maximum Gasteiger partial charge on any atom is 0.146 e. The van der Waals surface area contributed by atoms with Gasteiger partial charge in [0.1, 0.15) is 17.8 Å². The molecule has 0 bridgehead atoms. The molecule has 4 N–H and O–H groups in total. The number of hydrogen-bond donors (Lipinski definition) is 3. The van der Waals surface area contributed by atoms with Gasteiger partial charge in [0.15, 0.2) is 0 Å². The number of benzene rings is 2. The number of nitrogen functional groups attached to an aromatic ring is 1. The molecule has 0 saturated heterocycles. The van der Waals surface area contributed by atoms with Crippen molar-refractivity contribution in [3.63, 3.8) is 0 Å². The first kappa shape index (κ1) is 26.8. The third-order valence-corrected chi connectivity index (χ3v) is 7.20. The van der Waals surface area contributed by atoms with Crippen LogP contribution in [-0.4, -0.2) is 40.7 Å². The van der Waals surface area contributed by atoms with Crippen molar-refractivity contribution in [3.05, 3.63) is 78.8 Å². The van der Waals surface area contributed by atoms with Gasteiger partial charge in [0.2, 0.25) is 0 Å². The van der Waals surface area contributed by atoms with Crippen LogP contribution in [-0.2, 0) is 6.42 Å². The van der Waals surface area contributed by atoms with Crippen molar-refractivity contribution in [2.24, 2.45) is 5.92 Å². The van der Waals surface area contributed by atoms with Crippen LogP contribution in [0, 0.1) is 5.92 Å². The molecular weight excluding hydrogens is 456 g/mol. The molecule has 0 aliphatic heterocycles. The van der Waals surface area contributed by atoms with Gasteiger partial charge >= 0.3 is 0 Å². The van der Waals surface area contributed by atoms with E-state index in [4.69, 9.17) is 5.73 Å². The molecule has 37 heavy (non-hydrogen) atoms. The van der Waals surface area contributed by atoms with Gasteiger partial charge in [-0.2, -0.15) is 0 Å². The Balaban J connectivity index is 0.00000156. The van der Waals surface area contributed by atoms with Crippen LogP contribution in [0.2, 0.25) is 0 Å². The maximum atomic E-state index is 6.31. The minimum atomic E-state index is 0.454. The van der Waals surface area contributed by atoms with E-state index in [1.807, 2.05) is 19.9 Å². The van der Waals surface area contributed by atoms with Crippen LogP contribution < -0.4 is 16.4 Å². The van der Waals surface area contributed by atoms with Crippen molar-refractivity contribution in [1.29, 1.82) is 0 Å². The molecule has 1 fully saturated rings. The molecule has 0 spiro atoms. The molecule has 1 aliphatic rings. The van der Waals surface area contributed by atoms with E-state index in [1.54, 1.807) is 6.33 Å². The molecule has 2 aromatic carbocycles. The van der Waals surface area contributed by atoms with Crippen molar-refractivity contribution in [2.75, 3.05) is 31.9 Å². The summed E-state index contributed by atoms with van der Waals surface area (Å²) in [6, 6.07) is 21.6. The first-order valence-corrected chi connectivity index (χ1v) is 13.9. The number of nitrogens with zero attached hydrogens (tertiary/aromatic N) is 3. The van der Waals surface area contributed by atoms with Crippen molar-refractivity contribution in [3.8, 4) is 11.1 Å². The van der Waals surface area contributed by atoms with Crippen molar-refractivity contribution < 1.29 is 0 Å². The van der Waals surface area contributed by atoms with E-state index in [0.717, 1.165) is 61.2 Å². The first-order valence-electron chi connectivity index (χ1n) is 13.9. The van der Waals surface area contributed by atoms with Gasteiger partial charge in [-0.25, -0.2) is 9.97 Å². The number of fused-ring (bicyclic) bond motifs is 1. The largest absolute Gasteiger partial charge is 0.383 e.